The Balaban J connectivity index is 1.74. The van der Waals surface area contributed by atoms with Crippen molar-refractivity contribution in [3.8, 4) is 0 Å². The van der Waals surface area contributed by atoms with Crippen molar-refractivity contribution in [2.24, 2.45) is 0 Å². The molecule has 0 spiro atoms. The van der Waals surface area contributed by atoms with Gasteiger partial charge in [-0.1, -0.05) is 0 Å². The Hall–Kier alpha value is -0.640. The van der Waals surface area contributed by atoms with Crippen LogP contribution in [0.3, 0.4) is 0 Å². The molecule has 12 heavy (non-hydrogen) atoms. The van der Waals surface area contributed by atoms with Crippen LogP contribution in [-0.4, -0.2) is 27.5 Å². The largest absolute Gasteiger partial charge is 0.355 e. The molecule has 2 rings (SSSR count). The molecule has 1 unspecified atom stereocenters. The molecule has 66 valence electrons. The van der Waals surface area contributed by atoms with Crippen LogP contribution >= 0.6 is 11.8 Å². The highest BCUT2D eigenvalue weighted by atomic mass is 32.2. The van der Waals surface area contributed by atoms with Crippen molar-refractivity contribution in [2.45, 2.75) is 18.1 Å². The van der Waals surface area contributed by atoms with E-state index >= 15 is 0 Å². The lowest BCUT2D eigenvalue weighted by Crippen LogP contribution is -2.14. The number of H-pyrrole nitrogens is 1. The number of anilines is 1. The van der Waals surface area contributed by atoms with Gasteiger partial charge in [0.15, 0.2) is 5.95 Å². The van der Waals surface area contributed by atoms with Crippen molar-refractivity contribution in [1.29, 1.82) is 0 Å². The van der Waals surface area contributed by atoms with Crippen molar-refractivity contribution < 1.29 is 0 Å². The van der Waals surface area contributed by atoms with Gasteiger partial charge in [-0.15, -0.1) is 0 Å². The Morgan fingerprint density at radius 3 is 3.42 bits per heavy atom. The second-order valence-electron chi connectivity index (χ2n) is 2.95. The lowest BCUT2D eigenvalue weighted by molar-refractivity contribution is 0.802. The summed E-state index contributed by atoms with van der Waals surface area (Å²) in [6.45, 7) is 1.04. The Kier molecular flexibility index (Phi) is 2.56. The molecule has 1 atom stereocenters. The molecule has 1 aliphatic heterocycles. The minimum atomic E-state index is 0.787. The molecule has 0 aliphatic carbocycles. The molecule has 1 saturated heterocycles. The third-order valence-electron chi connectivity index (χ3n) is 2.02. The van der Waals surface area contributed by atoms with Crippen molar-refractivity contribution in [3.63, 3.8) is 0 Å². The highest BCUT2D eigenvalue weighted by molar-refractivity contribution is 8.00. The summed E-state index contributed by atoms with van der Waals surface area (Å²) in [4.78, 5) is 7.13. The molecule has 0 saturated carbocycles. The van der Waals surface area contributed by atoms with E-state index < -0.39 is 0 Å². The maximum absolute atomic E-state index is 4.10. The Labute approximate surface area is 76.4 Å². The van der Waals surface area contributed by atoms with Gasteiger partial charge in [0.2, 0.25) is 0 Å². The zero-order valence-electron chi connectivity index (χ0n) is 6.92. The molecule has 0 bridgehead atoms. The van der Waals surface area contributed by atoms with E-state index in [-0.39, 0.29) is 0 Å². The van der Waals surface area contributed by atoms with Crippen LogP contribution in [0.4, 0.5) is 5.95 Å². The summed E-state index contributed by atoms with van der Waals surface area (Å²) in [6, 6.07) is 0. The molecule has 2 N–H and O–H groups in total. The van der Waals surface area contributed by atoms with E-state index in [2.05, 4.69) is 27.0 Å². The number of hydrogen-bond acceptors (Lipinski definition) is 3. The average molecular weight is 183 g/mol. The smallest absolute Gasteiger partial charge is 0.200 e. The van der Waals surface area contributed by atoms with Gasteiger partial charge in [0.05, 0.1) is 0 Å². The zero-order valence-corrected chi connectivity index (χ0v) is 7.73. The number of imidazole rings is 1. The zero-order chi connectivity index (χ0) is 8.23. The molecule has 1 fully saturated rings. The topological polar surface area (TPSA) is 40.7 Å². The van der Waals surface area contributed by atoms with Gasteiger partial charge in [-0.25, -0.2) is 4.98 Å². The maximum atomic E-state index is 4.10. The third kappa shape index (κ3) is 1.94. The minimum absolute atomic E-state index is 0.787. The summed E-state index contributed by atoms with van der Waals surface area (Å²) in [6.07, 6.45) is 6.32. The molecule has 1 aromatic heterocycles. The summed E-state index contributed by atoms with van der Waals surface area (Å²) in [5.41, 5.74) is 0. The fourth-order valence-corrected chi connectivity index (χ4v) is 2.58. The van der Waals surface area contributed by atoms with E-state index in [0.29, 0.717) is 0 Å². The van der Waals surface area contributed by atoms with Gasteiger partial charge in [-0.2, -0.15) is 11.8 Å². The van der Waals surface area contributed by atoms with Crippen LogP contribution in [0.5, 0.6) is 0 Å². The van der Waals surface area contributed by atoms with Crippen LogP contribution in [0.2, 0.25) is 0 Å². The number of aromatic nitrogens is 2. The third-order valence-corrected chi connectivity index (χ3v) is 3.42. The highest BCUT2D eigenvalue weighted by Gasteiger charge is 2.14. The van der Waals surface area contributed by atoms with Gasteiger partial charge < -0.3 is 10.3 Å². The first kappa shape index (κ1) is 7.98. The van der Waals surface area contributed by atoms with Crippen molar-refractivity contribution in [1.82, 2.24) is 9.97 Å². The Bertz CT molecular complexity index is 216. The van der Waals surface area contributed by atoms with Crippen molar-refractivity contribution >= 4 is 17.7 Å². The molecule has 1 aromatic rings. The monoisotopic (exact) mass is 183 g/mol. The summed E-state index contributed by atoms with van der Waals surface area (Å²) in [5, 5.41) is 4.07. The number of thioether (sulfide) groups is 1. The molecule has 0 radical (unpaired) electrons. The van der Waals surface area contributed by atoms with E-state index in [1.807, 2.05) is 6.20 Å². The van der Waals surface area contributed by atoms with Gasteiger partial charge in [0.25, 0.3) is 0 Å². The lowest BCUT2D eigenvalue weighted by Gasteiger charge is -2.08. The van der Waals surface area contributed by atoms with E-state index in [1.165, 1.54) is 18.6 Å². The van der Waals surface area contributed by atoms with E-state index in [9.17, 15) is 0 Å². The van der Waals surface area contributed by atoms with Gasteiger partial charge in [0.1, 0.15) is 0 Å². The minimum Gasteiger partial charge on any atom is -0.355 e. The van der Waals surface area contributed by atoms with E-state index in [0.717, 1.165) is 17.7 Å². The van der Waals surface area contributed by atoms with Crippen molar-refractivity contribution in [3.05, 3.63) is 12.4 Å². The van der Waals surface area contributed by atoms with Crippen LogP contribution in [0.25, 0.3) is 0 Å². The van der Waals surface area contributed by atoms with Gasteiger partial charge in [0, 0.05) is 24.2 Å². The van der Waals surface area contributed by atoms with Crippen LogP contribution < -0.4 is 5.32 Å². The fraction of sp³-hybridized carbons (Fsp3) is 0.625. The number of nitrogens with one attached hydrogen (secondary N) is 2. The van der Waals surface area contributed by atoms with Crippen LogP contribution in [-0.2, 0) is 0 Å². The molecule has 1 aliphatic rings. The first-order chi connectivity index (χ1) is 5.95. The molecule has 4 heteroatoms. The van der Waals surface area contributed by atoms with Crippen LogP contribution in [0.15, 0.2) is 12.4 Å². The Morgan fingerprint density at radius 1 is 1.75 bits per heavy atom. The second-order valence-corrected chi connectivity index (χ2v) is 4.36. The summed E-state index contributed by atoms with van der Waals surface area (Å²) >= 11 is 2.06. The van der Waals surface area contributed by atoms with Gasteiger partial charge in [-0.3, -0.25) is 0 Å². The number of rotatable bonds is 3. The second kappa shape index (κ2) is 3.85. The Morgan fingerprint density at radius 2 is 2.75 bits per heavy atom. The molecule has 3 nitrogen and oxygen atoms in total. The van der Waals surface area contributed by atoms with Gasteiger partial charge >= 0.3 is 0 Å². The molecule has 0 aromatic carbocycles. The predicted octanol–water partition coefficient (Wildman–Crippen LogP) is 1.72. The van der Waals surface area contributed by atoms with E-state index in [4.69, 9.17) is 0 Å². The first-order valence-electron chi connectivity index (χ1n) is 4.30. The SMILES string of the molecule is c1c[nH]c(NCC2CCCS2)n1. The standard InChI is InChI=1S/C8H13N3S/c1-2-7(12-5-1)6-11-8-9-3-4-10-8/h3-4,7H,1-2,5-6H2,(H2,9,10,11). The number of nitrogens with zero attached hydrogens (tertiary/aromatic N) is 1. The average Bonchev–Trinajstić information content (AvgIpc) is 2.74. The maximum Gasteiger partial charge on any atom is 0.200 e. The van der Waals surface area contributed by atoms with Gasteiger partial charge in [-0.05, 0) is 18.6 Å². The molecule has 2 heterocycles. The normalized spacial score (nSPS) is 22.8. The highest BCUT2D eigenvalue weighted by Crippen LogP contribution is 2.25. The summed E-state index contributed by atoms with van der Waals surface area (Å²) in [5.74, 6) is 2.22. The van der Waals surface area contributed by atoms with Crippen LogP contribution in [0, 0.1) is 0 Å². The van der Waals surface area contributed by atoms with E-state index in [1.54, 1.807) is 6.20 Å². The lowest BCUT2D eigenvalue weighted by atomic mass is 10.2. The number of aromatic amines is 1. The fourth-order valence-electron chi connectivity index (χ4n) is 1.38. The van der Waals surface area contributed by atoms with Crippen molar-refractivity contribution in [2.75, 3.05) is 17.6 Å². The quantitative estimate of drug-likeness (QED) is 0.749. The molecular weight excluding hydrogens is 170 g/mol. The summed E-state index contributed by atoms with van der Waals surface area (Å²) < 4.78 is 0. The molecule has 0 amide bonds. The molecular formula is C8H13N3S. The summed E-state index contributed by atoms with van der Waals surface area (Å²) in [7, 11) is 0. The predicted molar refractivity (Wildman–Crippen MR) is 52.6 cm³/mol. The first-order valence-corrected chi connectivity index (χ1v) is 5.35. The van der Waals surface area contributed by atoms with Crippen LogP contribution in [0.1, 0.15) is 12.8 Å². The number of hydrogen-bond donors (Lipinski definition) is 2.